The third kappa shape index (κ3) is 8.14. The smallest absolute Gasteiger partial charge is 0.135 e. The molecule has 0 fully saturated rings. The fourth-order valence-corrected chi connectivity index (χ4v) is 8.76. The molecule has 0 radical (unpaired) electrons. The van der Waals surface area contributed by atoms with Crippen LogP contribution in [0.3, 0.4) is 0 Å². The van der Waals surface area contributed by atoms with Crippen molar-refractivity contribution in [3.05, 3.63) is 168 Å². The van der Waals surface area contributed by atoms with Gasteiger partial charge in [-0.3, -0.25) is 0 Å². The quantitative estimate of drug-likeness (QED) is 0.136. The number of para-hydroxylation sites is 2. The van der Waals surface area contributed by atoms with Gasteiger partial charge in [-0.05, 0) is 105 Å². The molecule has 0 atom stereocenters. The van der Waals surface area contributed by atoms with Gasteiger partial charge in [-0.2, -0.15) is 0 Å². The molecule has 0 bridgehead atoms. The lowest BCUT2D eigenvalue weighted by atomic mass is 9.81. The van der Waals surface area contributed by atoms with Gasteiger partial charge in [0.2, 0.25) is 0 Å². The number of rotatable bonds is 11. The molecule has 0 saturated heterocycles. The summed E-state index contributed by atoms with van der Waals surface area (Å²) in [6.45, 7) is 18.2. The summed E-state index contributed by atoms with van der Waals surface area (Å²) in [7, 11) is 0. The first-order valence-corrected chi connectivity index (χ1v) is 22.0. The van der Waals surface area contributed by atoms with Crippen LogP contribution in [0.25, 0.3) is 66.1 Å². The van der Waals surface area contributed by atoms with Crippen LogP contribution >= 0.6 is 0 Å². The van der Waals surface area contributed by atoms with Gasteiger partial charge in [0.1, 0.15) is 23.0 Å². The number of fused-ring (bicyclic) bond motifs is 2. The molecule has 62 heavy (non-hydrogen) atoms. The van der Waals surface area contributed by atoms with E-state index in [1.807, 2.05) is 13.8 Å². The Bertz CT molecular complexity index is 2710. The van der Waals surface area contributed by atoms with Gasteiger partial charge in [-0.1, -0.05) is 175 Å². The van der Waals surface area contributed by atoms with Crippen molar-refractivity contribution in [2.24, 2.45) is 0 Å². The van der Waals surface area contributed by atoms with E-state index in [-0.39, 0.29) is 22.3 Å². The van der Waals surface area contributed by atoms with Crippen LogP contribution in [0.5, 0.6) is 23.0 Å². The third-order valence-corrected chi connectivity index (χ3v) is 12.1. The zero-order valence-electron chi connectivity index (χ0n) is 37.4. The number of phenols is 2. The van der Waals surface area contributed by atoms with E-state index in [4.69, 9.17) is 9.47 Å². The second-order valence-electron chi connectivity index (χ2n) is 18.3. The van der Waals surface area contributed by atoms with Gasteiger partial charge in [-0.25, -0.2) is 0 Å². The first-order valence-electron chi connectivity index (χ1n) is 22.0. The molecule has 0 spiro atoms. The highest BCUT2D eigenvalue weighted by molar-refractivity contribution is 6.01. The van der Waals surface area contributed by atoms with Crippen LogP contribution in [0, 0.1) is 0 Å². The maximum atomic E-state index is 12.4. The molecule has 8 aromatic rings. The summed E-state index contributed by atoms with van der Waals surface area (Å²) in [4.78, 5) is 0. The van der Waals surface area contributed by atoms with Crippen molar-refractivity contribution < 1.29 is 19.7 Å². The molecule has 2 N–H and O–H groups in total. The van der Waals surface area contributed by atoms with Gasteiger partial charge < -0.3 is 19.7 Å². The molecule has 8 rings (SSSR count). The molecule has 0 unspecified atom stereocenters. The van der Waals surface area contributed by atoms with Gasteiger partial charge in [0.05, 0.1) is 13.2 Å². The fraction of sp³-hybridized carbons (Fsp3) is 0.241. The molecule has 4 nitrogen and oxygen atoms in total. The van der Waals surface area contributed by atoms with Crippen molar-refractivity contribution in [1.82, 2.24) is 0 Å². The average Bonchev–Trinajstić information content (AvgIpc) is 3.26. The predicted octanol–water partition coefficient (Wildman–Crippen LogP) is 15.2. The predicted molar refractivity (Wildman–Crippen MR) is 260 cm³/mol. The lowest BCUT2D eigenvalue weighted by molar-refractivity contribution is 0.342. The van der Waals surface area contributed by atoms with Crippen molar-refractivity contribution in [2.45, 2.75) is 79.1 Å². The number of benzene rings is 8. The van der Waals surface area contributed by atoms with Crippen molar-refractivity contribution in [2.75, 3.05) is 13.2 Å². The second kappa shape index (κ2) is 17.1. The van der Waals surface area contributed by atoms with Crippen molar-refractivity contribution in [3.8, 4) is 67.5 Å². The van der Waals surface area contributed by atoms with E-state index in [0.29, 0.717) is 26.1 Å². The summed E-state index contributed by atoms with van der Waals surface area (Å²) in [5, 5.41) is 29.4. The van der Waals surface area contributed by atoms with Crippen LogP contribution in [0.2, 0.25) is 0 Å². The summed E-state index contributed by atoms with van der Waals surface area (Å²) >= 11 is 0. The molecule has 314 valence electrons. The van der Waals surface area contributed by atoms with Gasteiger partial charge in [0.15, 0.2) is 0 Å². The zero-order chi connectivity index (χ0) is 43.8. The summed E-state index contributed by atoms with van der Waals surface area (Å²) < 4.78 is 13.0. The molecule has 0 aliphatic heterocycles. The molecule has 0 aromatic heterocycles. The van der Waals surface area contributed by atoms with Gasteiger partial charge in [-0.15, -0.1) is 0 Å². The molecule has 0 heterocycles. The van der Waals surface area contributed by atoms with E-state index in [9.17, 15) is 10.2 Å². The number of aryl methyl sites for hydroxylation is 2. The van der Waals surface area contributed by atoms with E-state index in [0.717, 1.165) is 99.8 Å². The standard InChI is InChI=1S/C58H58O4/c1-9-61-55-47(45-25-15-21-37-19-11-13-23-43(37)45)27-17-29-49(55)51-35-41(57(3,4)5)33-39(53(51)59)31-32-40-34-42(58(6,7)8)36-52(54(40)60)50-30-18-28-48(56(50)62-10-2)46-26-16-22-38-20-12-14-24-44(38)46/h11-30,33-36,59-60H,9-10,31-32H2,1-8H3. The van der Waals surface area contributed by atoms with Crippen LogP contribution in [-0.2, 0) is 23.7 Å². The lowest BCUT2D eigenvalue weighted by Gasteiger charge is -2.25. The Morgan fingerprint density at radius 1 is 0.387 bits per heavy atom. The van der Waals surface area contributed by atoms with Crippen LogP contribution in [-0.4, -0.2) is 23.4 Å². The van der Waals surface area contributed by atoms with Crippen LogP contribution < -0.4 is 9.47 Å². The number of aromatic hydroxyl groups is 2. The Hall–Kier alpha value is -6.52. The summed E-state index contributed by atoms with van der Waals surface area (Å²) in [6, 6.07) is 50.5. The van der Waals surface area contributed by atoms with Crippen LogP contribution in [0.15, 0.2) is 146 Å². The minimum absolute atomic E-state index is 0.206. The minimum Gasteiger partial charge on any atom is -0.507 e. The van der Waals surface area contributed by atoms with E-state index in [2.05, 4.69) is 187 Å². The average molecular weight is 819 g/mol. The number of phenolic OH excluding ortho intramolecular Hbond substituents is 2. The summed E-state index contributed by atoms with van der Waals surface area (Å²) in [6.07, 6.45) is 1.01. The normalized spacial score (nSPS) is 11.9. The van der Waals surface area contributed by atoms with Gasteiger partial charge >= 0.3 is 0 Å². The Kier molecular flexibility index (Phi) is 11.6. The topological polar surface area (TPSA) is 58.9 Å². The Balaban J connectivity index is 1.25. The maximum Gasteiger partial charge on any atom is 0.135 e. The number of hydrogen-bond acceptors (Lipinski definition) is 4. The fourth-order valence-electron chi connectivity index (χ4n) is 8.76. The summed E-state index contributed by atoms with van der Waals surface area (Å²) in [5.74, 6) is 1.94. The molecule has 0 aliphatic rings. The molecular weight excluding hydrogens is 761 g/mol. The molecule has 8 aromatic carbocycles. The number of hydrogen-bond donors (Lipinski definition) is 2. The van der Waals surface area contributed by atoms with Crippen LogP contribution in [0.1, 0.15) is 77.6 Å². The van der Waals surface area contributed by atoms with E-state index < -0.39 is 0 Å². The molecule has 0 aliphatic carbocycles. The molecule has 0 saturated carbocycles. The molecular formula is C58H58O4. The largest absolute Gasteiger partial charge is 0.507 e. The zero-order valence-corrected chi connectivity index (χ0v) is 37.4. The first-order chi connectivity index (χ1) is 29.8. The van der Waals surface area contributed by atoms with E-state index >= 15 is 0 Å². The highest BCUT2D eigenvalue weighted by Crippen LogP contribution is 2.49. The highest BCUT2D eigenvalue weighted by Gasteiger charge is 2.26. The monoisotopic (exact) mass is 818 g/mol. The third-order valence-electron chi connectivity index (χ3n) is 12.1. The van der Waals surface area contributed by atoms with E-state index in [1.165, 1.54) is 0 Å². The van der Waals surface area contributed by atoms with Crippen molar-refractivity contribution in [1.29, 1.82) is 0 Å². The minimum atomic E-state index is -0.206. The van der Waals surface area contributed by atoms with Crippen molar-refractivity contribution in [3.63, 3.8) is 0 Å². The summed E-state index contributed by atoms with van der Waals surface area (Å²) in [5.41, 5.74) is 10.7. The SMILES string of the molecule is CCOc1c(-c2cc(C(C)(C)C)cc(CCc3cc(C(C)(C)C)cc(-c4cccc(-c5cccc6ccccc56)c4OCC)c3O)c2O)cccc1-c1cccc2ccccc12. The van der Waals surface area contributed by atoms with Crippen LogP contribution in [0.4, 0.5) is 0 Å². The molecule has 0 amide bonds. The highest BCUT2D eigenvalue weighted by atomic mass is 16.5. The Labute approximate surface area is 367 Å². The lowest BCUT2D eigenvalue weighted by Crippen LogP contribution is -2.13. The maximum absolute atomic E-state index is 12.4. The number of ether oxygens (including phenoxy) is 2. The second-order valence-corrected chi connectivity index (χ2v) is 18.3. The molecule has 4 heteroatoms. The van der Waals surface area contributed by atoms with Gasteiger partial charge in [0.25, 0.3) is 0 Å². The Morgan fingerprint density at radius 3 is 1.08 bits per heavy atom. The Morgan fingerprint density at radius 2 is 0.710 bits per heavy atom. The first kappa shape index (κ1) is 42.2. The van der Waals surface area contributed by atoms with Gasteiger partial charge in [0, 0.05) is 33.4 Å². The van der Waals surface area contributed by atoms with Crippen molar-refractivity contribution >= 4 is 21.5 Å². The van der Waals surface area contributed by atoms with E-state index in [1.54, 1.807) is 0 Å².